The van der Waals surface area contributed by atoms with Gasteiger partial charge in [0.1, 0.15) is 12.3 Å². The molecule has 0 saturated carbocycles. The van der Waals surface area contributed by atoms with Gasteiger partial charge in [-0.25, -0.2) is 0 Å². The van der Waals surface area contributed by atoms with Gasteiger partial charge >= 0.3 is 5.97 Å². The summed E-state index contributed by atoms with van der Waals surface area (Å²) in [7, 11) is 0. The fourth-order valence-electron chi connectivity index (χ4n) is 2.04. The van der Waals surface area contributed by atoms with Crippen LogP contribution in [0.15, 0.2) is 24.3 Å². The van der Waals surface area contributed by atoms with Crippen LogP contribution in [0.2, 0.25) is 0 Å². The van der Waals surface area contributed by atoms with Crippen molar-refractivity contribution in [1.82, 2.24) is 5.32 Å². The normalized spacial score (nSPS) is 11.2. The Bertz CT molecular complexity index is 529. The Morgan fingerprint density at radius 3 is 2.29 bits per heavy atom. The molecule has 0 atom stereocenters. The van der Waals surface area contributed by atoms with Crippen LogP contribution in [-0.2, 0) is 19.7 Å². The molecule has 0 heterocycles. The van der Waals surface area contributed by atoms with E-state index >= 15 is 0 Å². The Labute approximate surface area is 144 Å². The van der Waals surface area contributed by atoms with Crippen LogP contribution in [0.3, 0.4) is 0 Å². The molecule has 1 aromatic rings. The second-order valence-corrected chi connectivity index (χ2v) is 7.04. The van der Waals surface area contributed by atoms with E-state index in [0.29, 0.717) is 19.4 Å². The lowest BCUT2D eigenvalue weighted by atomic mass is 9.87. The molecule has 0 unspecified atom stereocenters. The number of nitrogens with one attached hydrogen (secondary N) is 1. The van der Waals surface area contributed by atoms with E-state index in [0.717, 1.165) is 5.75 Å². The summed E-state index contributed by atoms with van der Waals surface area (Å²) in [6, 6.07) is 8.01. The number of esters is 1. The highest BCUT2D eigenvalue weighted by Crippen LogP contribution is 2.24. The summed E-state index contributed by atoms with van der Waals surface area (Å²) in [5.74, 6) is 0.194. The first-order valence-corrected chi connectivity index (χ1v) is 8.38. The lowest BCUT2D eigenvalue weighted by molar-refractivity contribution is -0.147. The summed E-state index contributed by atoms with van der Waals surface area (Å²) in [5, 5.41) is 2.54. The maximum atomic E-state index is 11.6. The molecular weight excluding hydrogens is 306 g/mol. The molecule has 0 aromatic heterocycles. The summed E-state index contributed by atoms with van der Waals surface area (Å²) in [6.45, 7) is 10.4. The van der Waals surface area contributed by atoms with Gasteiger partial charge in [0.25, 0.3) is 0 Å². The number of hydrogen-bond acceptors (Lipinski definition) is 4. The average molecular weight is 335 g/mol. The van der Waals surface area contributed by atoms with E-state index in [9.17, 15) is 9.59 Å². The van der Waals surface area contributed by atoms with Crippen LogP contribution in [0.1, 0.15) is 53.0 Å². The number of carbonyl (C=O) groups excluding carboxylic acids is 2. The van der Waals surface area contributed by atoms with Crippen LogP contribution in [-0.4, -0.2) is 31.1 Å². The number of amides is 1. The second kappa shape index (κ2) is 9.30. The van der Waals surface area contributed by atoms with Crippen molar-refractivity contribution >= 4 is 11.9 Å². The van der Waals surface area contributed by atoms with E-state index in [1.54, 1.807) is 13.8 Å². The van der Waals surface area contributed by atoms with Crippen molar-refractivity contribution < 1.29 is 19.1 Å². The van der Waals surface area contributed by atoms with Gasteiger partial charge in [0.15, 0.2) is 0 Å². The molecule has 0 fully saturated rings. The number of rotatable bonds is 8. The highest BCUT2D eigenvalue weighted by molar-refractivity contribution is 5.81. The van der Waals surface area contributed by atoms with E-state index < -0.39 is 5.97 Å². The van der Waals surface area contributed by atoms with Gasteiger partial charge in [-0.15, -0.1) is 0 Å². The summed E-state index contributed by atoms with van der Waals surface area (Å²) >= 11 is 0. The SMILES string of the molecule is CC(C)OC(=O)CNC(=O)CCCOc1ccc(C(C)(C)C)cc1. The van der Waals surface area contributed by atoms with Crippen molar-refractivity contribution in [2.24, 2.45) is 0 Å². The van der Waals surface area contributed by atoms with Crippen molar-refractivity contribution in [3.05, 3.63) is 29.8 Å². The molecule has 1 amide bonds. The minimum Gasteiger partial charge on any atom is -0.494 e. The van der Waals surface area contributed by atoms with E-state index in [1.165, 1.54) is 5.56 Å². The molecule has 0 aliphatic carbocycles. The van der Waals surface area contributed by atoms with Crippen LogP contribution in [0.25, 0.3) is 0 Å². The summed E-state index contributed by atoms with van der Waals surface area (Å²) in [6.07, 6.45) is 0.730. The highest BCUT2D eigenvalue weighted by atomic mass is 16.5. The van der Waals surface area contributed by atoms with Crippen molar-refractivity contribution in [1.29, 1.82) is 0 Å². The van der Waals surface area contributed by atoms with E-state index in [4.69, 9.17) is 9.47 Å². The first-order valence-electron chi connectivity index (χ1n) is 8.38. The van der Waals surface area contributed by atoms with Crippen molar-refractivity contribution in [2.75, 3.05) is 13.2 Å². The van der Waals surface area contributed by atoms with Crippen molar-refractivity contribution in [2.45, 2.75) is 59.0 Å². The summed E-state index contributed by atoms with van der Waals surface area (Å²) in [4.78, 5) is 22.9. The summed E-state index contributed by atoms with van der Waals surface area (Å²) < 4.78 is 10.6. The zero-order valence-corrected chi connectivity index (χ0v) is 15.3. The number of hydrogen-bond donors (Lipinski definition) is 1. The quantitative estimate of drug-likeness (QED) is 0.585. The first kappa shape index (κ1) is 20.0. The Morgan fingerprint density at radius 1 is 1.12 bits per heavy atom. The van der Waals surface area contributed by atoms with E-state index in [1.807, 2.05) is 12.1 Å². The van der Waals surface area contributed by atoms with Gasteiger partial charge in [0.2, 0.25) is 5.91 Å². The first-order chi connectivity index (χ1) is 11.2. The Hall–Kier alpha value is -2.04. The predicted octanol–water partition coefficient (Wildman–Crippen LogP) is 3.21. The van der Waals surface area contributed by atoms with Crippen LogP contribution in [0.5, 0.6) is 5.75 Å². The summed E-state index contributed by atoms with van der Waals surface area (Å²) in [5.41, 5.74) is 1.37. The van der Waals surface area contributed by atoms with Crippen LogP contribution < -0.4 is 10.1 Å². The van der Waals surface area contributed by atoms with Gasteiger partial charge in [-0.2, -0.15) is 0 Å². The molecule has 5 heteroatoms. The molecule has 0 radical (unpaired) electrons. The molecule has 0 aliphatic rings. The Balaban J connectivity index is 2.21. The molecule has 24 heavy (non-hydrogen) atoms. The number of carbonyl (C=O) groups is 2. The maximum absolute atomic E-state index is 11.6. The third-order valence-corrected chi connectivity index (χ3v) is 3.33. The third-order valence-electron chi connectivity index (χ3n) is 3.33. The predicted molar refractivity (Wildman–Crippen MR) is 94.1 cm³/mol. The molecule has 5 nitrogen and oxygen atoms in total. The second-order valence-electron chi connectivity index (χ2n) is 7.04. The van der Waals surface area contributed by atoms with Crippen molar-refractivity contribution in [3.63, 3.8) is 0 Å². The van der Waals surface area contributed by atoms with Crippen LogP contribution in [0, 0.1) is 0 Å². The van der Waals surface area contributed by atoms with Crippen LogP contribution >= 0.6 is 0 Å². The molecular formula is C19H29NO4. The third kappa shape index (κ3) is 7.99. The zero-order valence-electron chi connectivity index (χ0n) is 15.3. The van der Waals surface area contributed by atoms with Gasteiger partial charge < -0.3 is 14.8 Å². The largest absolute Gasteiger partial charge is 0.494 e. The molecule has 0 bridgehead atoms. The lowest BCUT2D eigenvalue weighted by Crippen LogP contribution is -2.31. The topological polar surface area (TPSA) is 64.6 Å². The van der Waals surface area contributed by atoms with E-state index in [2.05, 4.69) is 38.2 Å². The van der Waals surface area contributed by atoms with Gasteiger partial charge in [-0.3, -0.25) is 9.59 Å². The smallest absolute Gasteiger partial charge is 0.325 e. The van der Waals surface area contributed by atoms with Gasteiger partial charge in [0, 0.05) is 6.42 Å². The molecule has 0 spiro atoms. The van der Waals surface area contributed by atoms with Gasteiger partial charge in [-0.05, 0) is 43.4 Å². The number of ether oxygens (including phenoxy) is 2. The Morgan fingerprint density at radius 2 is 1.75 bits per heavy atom. The van der Waals surface area contributed by atoms with Gasteiger partial charge in [-0.1, -0.05) is 32.9 Å². The van der Waals surface area contributed by atoms with Crippen molar-refractivity contribution in [3.8, 4) is 5.75 Å². The standard InChI is InChI=1S/C19H29NO4/c1-14(2)24-18(22)13-20-17(21)7-6-12-23-16-10-8-15(9-11-16)19(3,4)5/h8-11,14H,6-7,12-13H2,1-5H3,(H,20,21). The fourth-order valence-corrected chi connectivity index (χ4v) is 2.04. The number of benzene rings is 1. The van der Waals surface area contributed by atoms with Crippen LogP contribution in [0.4, 0.5) is 0 Å². The molecule has 0 saturated heterocycles. The molecule has 1 rings (SSSR count). The molecule has 0 aliphatic heterocycles. The van der Waals surface area contributed by atoms with E-state index in [-0.39, 0.29) is 24.0 Å². The zero-order chi connectivity index (χ0) is 18.2. The fraction of sp³-hybridized carbons (Fsp3) is 0.579. The average Bonchev–Trinajstić information content (AvgIpc) is 2.48. The minimum absolute atomic E-state index is 0.0911. The maximum Gasteiger partial charge on any atom is 0.325 e. The molecule has 1 aromatic carbocycles. The lowest BCUT2D eigenvalue weighted by Gasteiger charge is -2.19. The van der Waals surface area contributed by atoms with Gasteiger partial charge in [0.05, 0.1) is 12.7 Å². The minimum atomic E-state index is -0.423. The monoisotopic (exact) mass is 335 g/mol. The highest BCUT2D eigenvalue weighted by Gasteiger charge is 2.13. The molecule has 134 valence electrons. The Kier molecular flexibility index (Phi) is 7.75. The molecule has 1 N–H and O–H groups in total.